The van der Waals surface area contributed by atoms with Crippen LogP contribution in [0.1, 0.15) is 30.6 Å². The SMILES string of the molecule is CCC1COC(C)CN1C(=O)c1cccnc1F. The zero-order valence-electron chi connectivity index (χ0n) is 10.6. The highest BCUT2D eigenvalue weighted by Gasteiger charge is 2.31. The van der Waals surface area contributed by atoms with Crippen molar-refractivity contribution in [3.05, 3.63) is 29.8 Å². The van der Waals surface area contributed by atoms with Crippen molar-refractivity contribution in [1.82, 2.24) is 9.88 Å². The Morgan fingerprint density at radius 1 is 1.67 bits per heavy atom. The van der Waals surface area contributed by atoms with E-state index >= 15 is 0 Å². The number of carbonyl (C=O) groups is 1. The second-order valence-corrected chi connectivity index (χ2v) is 4.51. The largest absolute Gasteiger partial charge is 0.375 e. The van der Waals surface area contributed by atoms with Crippen LogP contribution in [0.15, 0.2) is 18.3 Å². The lowest BCUT2D eigenvalue weighted by Gasteiger charge is -2.38. The van der Waals surface area contributed by atoms with Gasteiger partial charge in [-0.1, -0.05) is 6.92 Å². The van der Waals surface area contributed by atoms with Crippen LogP contribution in [0.25, 0.3) is 0 Å². The molecule has 0 saturated carbocycles. The second-order valence-electron chi connectivity index (χ2n) is 4.51. The molecule has 0 aromatic carbocycles. The molecular formula is C13H17FN2O2. The molecule has 1 aliphatic rings. The first-order chi connectivity index (χ1) is 8.63. The van der Waals surface area contributed by atoms with Crippen molar-refractivity contribution in [3.8, 4) is 0 Å². The molecule has 1 aliphatic heterocycles. The summed E-state index contributed by atoms with van der Waals surface area (Å²) in [5.41, 5.74) is 0.0325. The van der Waals surface area contributed by atoms with Gasteiger partial charge in [-0.25, -0.2) is 4.98 Å². The Labute approximate surface area is 106 Å². The van der Waals surface area contributed by atoms with Gasteiger partial charge >= 0.3 is 0 Å². The van der Waals surface area contributed by atoms with Gasteiger partial charge in [-0.3, -0.25) is 4.79 Å². The summed E-state index contributed by atoms with van der Waals surface area (Å²) in [4.78, 5) is 17.5. The lowest BCUT2D eigenvalue weighted by atomic mass is 10.1. The Balaban J connectivity index is 2.23. The highest BCUT2D eigenvalue weighted by molar-refractivity contribution is 5.94. The minimum Gasteiger partial charge on any atom is -0.375 e. The highest BCUT2D eigenvalue weighted by Crippen LogP contribution is 2.18. The van der Waals surface area contributed by atoms with Gasteiger partial charge in [0.15, 0.2) is 0 Å². The summed E-state index contributed by atoms with van der Waals surface area (Å²) in [6.45, 7) is 4.90. The number of carbonyl (C=O) groups excluding carboxylic acids is 1. The van der Waals surface area contributed by atoms with Crippen molar-refractivity contribution >= 4 is 5.91 Å². The molecule has 0 N–H and O–H groups in total. The molecule has 1 amide bonds. The van der Waals surface area contributed by atoms with Crippen molar-refractivity contribution in [3.63, 3.8) is 0 Å². The molecule has 0 spiro atoms. The van der Waals surface area contributed by atoms with Gasteiger partial charge < -0.3 is 9.64 Å². The smallest absolute Gasteiger partial charge is 0.258 e. The van der Waals surface area contributed by atoms with Crippen LogP contribution in [-0.2, 0) is 4.74 Å². The summed E-state index contributed by atoms with van der Waals surface area (Å²) in [6.07, 6.45) is 2.11. The number of rotatable bonds is 2. The van der Waals surface area contributed by atoms with Gasteiger partial charge in [-0.05, 0) is 25.5 Å². The van der Waals surface area contributed by atoms with E-state index in [2.05, 4.69) is 4.98 Å². The van der Waals surface area contributed by atoms with E-state index in [0.29, 0.717) is 13.2 Å². The molecule has 5 heteroatoms. The fraction of sp³-hybridized carbons (Fsp3) is 0.538. The van der Waals surface area contributed by atoms with E-state index in [9.17, 15) is 9.18 Å². The van der Waals surface area contributed by atoms with Crippen molar-refractivity contribution in [2.75, 3.05) is 13.2 Å². The Hall–Kier alpha value is -1.49. The molecule has 2 rings (SSSR count). The van der Waals surface area contributed by atoms with Gasteiger partial charge in [-0.2, -0.15) is 4.39 Å². The number of nitrogens with zero attached hydrogens (tertiary/aromatic N) is 2. The topological polar surface area (TPSA) is 42.4 Å². The van der Waals surface area contributed by atoms with Crippen LogP contribution in [-0.4, -0.2) is 41.1 Å². The molecule has 1 saturated heterocycles. The number of aromatic nitrogens is 1. The number of morpholine rings is 1. The summed E-state index contributed by atoms with van der Waals surface area (Å²) in [5, 5.41) is 0. The molecule has 1 fully saturated rings. The zero-order valence-corrected chi connectivity index (χ0v) is 10.6. The maximum Gasteiger partial charge on any atom is 0.258 e. The molecule has 1 aromatic rings. The average Bonchev–Trinajstić information content (AvgIpc) is 2.38. The van der Waals surface area contributed by atoms with Crippen molar-refractivity contribution in [2.24, 2.45) is 0 Å². The van der Waals surface area contributed by atoms with Gasteiger partial charge in [0.05, 0.1) is 24.3 Å². The lowest BCUT2D eigenvalue weighted by Crippen LogP contribution is -2.51. The Morgan fingerprint density at radius 2 is 2.44 bits per heavy atom. The van der Waals surface area contributed by atoms with Crippen LogP contribution in [0.2, 0.25) is 0 Å². The van der Waals surface area contributed by atoms with E-state index in [-0.39, 0.29) is 23.6 Å². The van der Waals surface area contributed by atoms with Crippen LogP contribution >= 0.6 is 0 Å². The number of ether oxygens (including phenoxy) is 1. The molecule has 4 nitrogen and oxygen atoms in total. The first-order valence-electron chi connectivity index (χ1n) is 6.16. The van der Waals surface area contributed by atoms with Gasteiger partial charge in [0.25, 0.3) is 5.91 Å². The summed E-state index contributed by atoms with van der Waals surface area (Å²) in [5.74, 6) is -1.01. The van der Waals surface area contributed by atoms with E-state index in [1.165, 1.54) is 12.3 Å². The van der Waals surface area contributed by atoms with Gasteiger partial charge in [0.2, 0.25) is 5.95 Å². The molecule has 0 aliphatic carbocycles. The Bertz CT molecular complexity index is 439. The minimum absolute atomic E-state index is 0.00769. The first kappa shape index (κ1) is 13.0. The molecule has 2 unspecified atom stereocenters. The predicted molar refractivity (Wildman–Crippen MR) is 64.7 cm³/mol. The number of pyridine rings is 1. The monoisotopic (exact) mass is 252 g/mol. The van der Waals surface area contributed by atoms with E-state index in [4.69, 9.17) is 4.74 Å². The van der Waals surface area contributed by atoms with E-state index < -0.39 is 5.95 Å². The summed E-state index contributed by atoms with van der Waals surface area (Å²) >= 11 is 0. The average molecular weight is 252 g/mol. The Kier molecular flexibility index (Phi) is 3.91. The second kappa shape index (κ2) is 5.44. The molecule has 1 aromatic heterocycles. The Morgan fingerprint density at radius 3 is 3.11 bits per heavy atom. The van der Waals surface area contributed by atoms with Crippen molar-refractivity contribution in [2.45, 2.75) is 32.4 Å². The molecule has 2 heterocycles. The van der Waals surface area contributed by atoms with Crippen LogP contribution in [0.3, 0.4) is 0 Å². The quantitative estimate of drug-likeness (QED) is 0.754. The zero-order chi connectivity index (χ0) is 13.1. The fourth-order valence-corrected chi connectivity index (χ4v) is 2.13. The minimum atomic E-state index is -0.712. The van der Waals surface area contributed by atoms with Crippen molar-refractivity contribution < 1.29 is 13.9 Å². The first-order valence-corrected chi connectivity index (χ1v) is 6.16. The molecule has 0 radical (unpaired) electrons. The van der Waals surface area contributed by atoms with Gasteiger partial charge in [0.1, 0.15) is 0 Å². The van der Waals surface area contributed by atoms with Crippen LogP contribution in [0.4, 0.5) is 4.39 Å². The van der Waals surface area contributed by atoms with E-state index in [1.54, 1.807) is 11.0 Å². The standard InChI is InChI=1S/C13H17FN2O2/c1-3-10-8-18-9(2)7-16(10)13(17)11-5-4-6-15-12(11)14/h4-6,9-10H,3,7-8H2,1-2H3. The number of hydrogen-bond acceptors (Lipinski definition) is 3. The number of halogens is 1. The number of hydrogen-bond donors (Lipinski definition) is 0. The highest BCUT2D eigenvalue weighted by atomic mass is 19.1. The third kappa shape index (κ3) is 2.51. The molecule has 98 valence electrons. The lowest BCUT2D eigenvalue weighted by molar-refractivity contribution is -0.0445. The molecule has 18 heavy (non-hydrogen) atoms. The summed E-state index contributed by atoms with van der Waals surface area (Å²) in [6, 6.07) is 3.05. The van der Waals surface area contributed by atoms with Gasteiger partial charge in [0, 0.05) is 12.7 Å². The third-order valence-corrected chi connectivity index (χ3v) is 3.19. The summed E-state index contributed by atoms with van der Waals surface area (Å²) < 4.78 is 19.1. The maximum atomic E-state index is 13.5. The molecular weight excluding hydrogens is 235 g/mol. The van der Waals surface area contributed by atoms with Crippen LogP contribution < -0.4 is 0 Å². The maximum absolute atomic E-state index is 13.5. The van der Waals surface area contributed by atoms with Crippen LogP contribution in [0.5, 0.6) is 0 Å². The van der Waals surface area contributed by atoms with Crippen molar-refractivity contribution in [1.29, 1.82) is 0 Å². The molecule has 2 atom stereocenters. The van der Waals surface area contributed by atoms with Gasteiger partial charge in [-0.15, -0.1) is 0 Å². The third-order valence-electron chi connectivity index (χ3n) is 3.19. The number of amides is 1. The predicted octanol–water partition coefficient (Wildman–Crippen LogP) is 1.86. The fourth-order valence-electron chi connectivity index (χ4n) is 2.13. The van der Waals surface area contributed by atoms with E-state index in [0.717, 1.165) is 6.42 Å². The van der Waals surface area contributed by atoms with Crippen LogP contribution in [0, 0.1) is 5.95 Å². The van der Waals surface area contributed by atoms with E-state index in [1.807, 2.05) is 13.8 Å². The molecule has 0 bridgehead atoms. The normalized spacial score (nSPS) is 24.1. The summed E-state index contributed by atoms with van der Waals surface area (Å²) in [7, 11) is 0.